The standard InChI is InChI=1S/C18H26N2O3/c1-2-3-4-17(21)20-13-18(14-20)16(7-10-23-18)12-22-11-15-5-8-19-9-6-15/h5-6,8-9,16H,2-4,7,10-14H2,1H3/t16-/m0/s1. The minimum absolute atomic E-state index is 0.153. The van der Waals surface area contributed by atoms with E-state index in [0.717, 1.165) is 44.5 Å². The Kier molecular flexibility index (Phi) is 5.28. The van der Waals surface area contributed by atoms with Crippen LogP contribution in [0.3, 0.4) is 0 Å². The van der Waals surface area contributed by atoms with E-state index in [0.29, 0.717) is 25.6 Å². The Bertz CT molecular complexity index is 514. The van der Waals surface area contributed by atoms with Crippen molar-refractivity contribution < 1.29 is 14.3 Å². The molecule has 1 aromatic heterocycles. The third-order valence-corrected chi connectivity index (χ3v) is 4.95. The van der Waals surface area contributed by atoms with Crippen molar-refractivity contribution in [2.75, 3.05) is 26.3 Å². The van der Waals surface area contributed by atoms with Crippen LogP contribution in [0.25, 0.3) is 0 Å². The number of carbonyl (C=O) groups excluding carboxylic acids is 1. The molecule has 2 aliphatic rings. The summed E-state index contributed by atoms with van der Waals surface area (Å²) in [7, 11) is 0. The summed E-state index contributed by atoms with van der Waals surface area (Å²) in [6, 6.07) is 3.94. The molecule has 0 bridgehead atoms. The lowest BCUT2D eigenvalue weighted by Crippen LogP contribution is -2.66. The third-order valence-electron chi connectivity index (χ3n) is 4.95. The van der Waals surface area contributed by atoms with Crippen LogP contribution in [0.2, 0.25) is 0 Å². The summed E-state index contributed by atoms with van der Waals surface area (Å²) in [4.78, 5) is 18.0. The SMILES string of the molecule is CCCCC(=O)N1CC2(C1)OCC[C@H]2COCc1ccncc1. The highest BCUT2D eigenvalue weighted by Crippen LogP contribution is 2.40. The molecule has 5 heteroatoms. The van der Waals surface area contributed by atoms with Crippen LogP contribution in [0, 0.1) is 5.92 Å². The van der Waals surface area contributed by atoms with Gasteiger partial charge in [0, 0.05) is 31.3 Å². The lowest BCUT2D eigenvalue weighted by atomic mass is 9.81. The van der Waals surface area contributed by atoms with Gasteiger partial charge in [0.25, 0.3) is 0 Å². The Balaban J connectivity index is 1.45. The van der Waals surface area contributed by atoms with Crippen LogP contribution in [0.15, 0.2) is 24.5 Å². The van der Waals surface area contributed by atoms with E-state index in [2.05, 4.69) is 11.9 Å². The van der Waals surface area contributed by atoms with Gasteiger partial charge in [0.05, 0.1) is 26.3 Å². The molecular weight excluding hydrogens is 292 g/mol. The number of carbonyl (C=O) groups is 1. The van der Waals surface area contributed by atoms with E-state index >= 15 is 0 Å². The van der Waals surface area contributed by atoms with E-state index in [4.69, 9.17) is 9.47 Å². The summed E-state index contributed by atoms with van der Waals surface area (Å²) in [5.41, 5.74) is 0.984. The Hall–Kier alpha value is -1.46. The molecule has 126 valence electrons. The first-order valence-corrected chi connectivity index (χ1v) is 8.62. The van der Waals surface area contributed by atoms with Crippen molar-refractivity contribution in [1.82, 2.24) is 9.88 Å². The molecule has 0 aliphatic carbocycles. The number of ether oxygens (including phenoxy) is 2. The molecule has 2 saturated heterocycles. The highest BCUT2D eigenvalue weighted by Gasteiger charge is 2.54. The number of nitrogens with zero attached hydrogens (tertiary/aromatic N) is 2. The fraction of sp³-hybridized carbons (Fsp3) is 0.667. The largest absolute Gasteiger partial charge is 0.376 e. The van der Waals surface area contributed by atoms with Crippen molar-refractivity contribution in [3.63, 3.8) is 0 Å². The second-order valence-electron chi connectivity index (χ2n) is 6.62. The molecule has 2 fully saturated rings. The number of aromatic nitrogens is 1. The fourth-order valence-corrected chi connectivity index (χ4v) is 3.43. The molecule has 1 aromatic rings. The van der Waals surface area contributed by atoms with Gasteiger partial charge >= 0.3 is 0 Å². The third kappa shape index (κ3) is 3.72. The number of pyridine rings is 1. The molecule has 1 amide bonds. The van der Waals surface area contributed by atoms with Gasteiger partial charge in [-0.05, 0) is 30.5 Å². The smallest absolute Gasteiger partial charge is 0.222 e. The number of hydrogen-bond donors (Lipinski definition) is 0. The minimum Gasteiger partial charge on any atom is -0.376 e. The number of unbranched alkanes of at least 4 members (excludes halogenated alkanes) is 1. The summed E-state index contributed by atoms with van der Waals surface area (Å²) < 4.78 is 11.9. The molecule has 1 atom stereocenters. The van der Waals surface area contributed by atoms with Gasteiger partial charge in [-0.1, -0.05) is 13.3 Å². The van der Waals surface area contributed by atoms with Gasteiger partial charge in [0.1, 0.15) is 5.60 Å². The topological polar surface area (TPSA) is 51.7 Å². The Morgan fingerprint density at radius 2 is 2.22 bits per heavy atom. The number of amides is 1. The van der Waals surface area contributed by atoms with Crippen molar-refractivity contribution in [2.24, 2.45) is 5.92 Å². The number of rotatable bonds is 7. The maximum absolute atomic E-state index is 12.1. The van der Waals surface area contributed by atoms with Crippen LogP contribution < -0.4 is 0 Å². The average molecular weight is 318 g/mol. The van der Waals surface area contributed by atoms with Gasteiger partial charge in [-0.25, -0.2) is 0 Å². The van der Waals surface area contributed by atoms with Crippen molar-refractivity contribution in [3.05, 3.63) is 30.1 Å². The van der Waals surface area contributed by atoms with Gasteiger partial charge in [-0.2, -0.15) is 0 Å². The second-order valence-corrected chi connectivity index (χ2v) is 6.62. The van der Waals surface area contributed by atoms with Crippen LogP contribution in [-0.2, 0) is 20.9 Å². The first kappa shape index (κ1) is 16.4. The number of hydrogen-bond acceptors (Lipinski definition) is 4. The fourth-order valence-electron chi connectivity index (χ4n) is 3.43. The second kappa shape index (κ2) is 7.41. The van der Waals surface area contributed by atoms with Crippen LogP contribution in [0.1, 0.15) is 38.2 Å². The van der Waals surface area contributed by atoms with E-state index in [9.17, 15) is 4.79 Å². The zero-order chi connectivity index (χ0) is 16.1. The van der Waals surface area contributed by atoms with Crippen LogP contribution >= 0.6 is 0 Å². The lowest BCUT2D eigenvalue weighted by molar-refractivity contribution is -0.169. The molecule has 1 spiro atoms. The molecular formula is C18H26N2O3. The van der Waals surface area contributed by atoms with Crippen LogP contribution in [0.4, 0.5) is 0 Å². The van der Waals surface area contributed by atoms with Crippen molar-refractivity contribution >= 4 is 5.91 Å². The van der Waals surface area contributed by atoms with Gasteiger partial charge in [-0.3, -0.25) is 9.78 Å². The Morgan fingerprint density at radius 3 is 2.96 bits per heavy atom. The van der Waals surface area contributed by atoms with E-state index in [-0.39, 0.29) is 11.5 Å². The maximum atomic E-state index is 12.1. The molecule has 0 saturated carbocycles. The van der Waals surface area contributed by atoms with E-state index in [1.54, 1.807) is 12.4 Å². The molecule has 3 heterocycles. The maximum Gasteiger partial charge on any atom is 0.222 e. The lowest BCUT2D eigenvalue weighted by Gasteiger charge is -2.50. The quantitative estimate of drug-likeness (QED) is 0.775. The van der Waals surface area contributed by atoms with Crippen molar-refractivity contribution in [3.8, 4) is 0 Å². The summed E-state index contributed by atoms with van der Waals surface area (Å²) in [6.07, 6.45) is 7.28. The predicted molar refractivity (Wildman–Crippen MR) is 86.8 cm³/mol. The Morgan fingerprint density at radius 1 is 1.43 bits per heavy atom. The van der Waals surface area contributed by atoms with Crippen molar-refractivity contribution in [1.29, 1.82) is 0 Å². The molecule has 0 radical (unpaired) electrons. The van der Waals surface area contributed by atoms with E-state index in [1.165, 1.54) is 0 Å². The highest BCUT2D eigenvalue weighted by molar-refractivity contribution is 5.77. The van der Waals surface area contributed by atoms with Crippen molar-refractivity contribution in [2.45, 2.75) is 44.8 Å². The van der Waals surface area contributed by atoms with Crippen LogP contribution in [0.5, 0.6) is 0 Å². The highest BCUT2D eigenvalue weighted by atomic mass is 16.5. The number of likely N-dealkylation sites (tertiary alicyclic amines) is 1. The molecule has 23 heavy (non-hydrogen) atoms. The first-order chi connectivity index (χ1) is 11.2. The average Bonchev–Trinajstić information content (AvgIpc) is 2.96. The summed E-state index contributed by atoms with van der Waals surface area (Å²) in [5, 5.41) is 0. The normalized spacial score (nSPS) is 22.3. The van der Waals surface area contributed by atoms with E-state index < -0.39 is 0 Å². The molecule has 0 N–H and O–H groups in total. The predicted octanol–water partition coefficient (Wildman–Crippen LogP) is 2.41. The van der Waals surface area contributed by atoms with Gasteiger partial charge in [-0.15, -0.1) is 0 Å². The van der Waals surface area contributed by atoms with Gasteiger partial charge < -0.3 is 14.4 Å². The minimum atomic E-state index is -0.153. The summed E-state index contributed by atoms with van der Waals surface area (Å²) in [5.74, 6) is 0.656. The molecule has 0 aromatic carbocycles. The zero-order valence-electron chi connectivity index (χ0n) is 13.9. The molecule has 0 unspecified atom stereocenters. The monoisotopic (exact) mass is 318 g/mol. The summed E-state index contributed by atoms with van der Waals surface area (Å²) in [6.45, 7) is 5.66. The van der Waals surface area contributed by atoms with Crippen LogP contribution in [-0.4, -0.2) is 47.7 Å². The molecule has 2 aliphatic heterocycles. The van der Waals surface area contributed by atoms with Gasteiger partial charge in [0.15, 0.2) is 0 Å². The summed E-state index contributed by atoms with van der Waals surface area (Å²) >= 11 is 0. The van der Waals surface area contributed by atoms with Gasteiger partial charge in [0.2, 0.25) is 5.91 Å². The molecule has 3 rings (SSSR count). The first-order valence-electron chi connectivity index (χ1n) is 8.62. The van der Waals surface area contributed by atoms with E-state index in [1.807, 2.05) is 17.0 Å². The Labute approximate surface area is 138 Å². The zero-order valence-corrected chi connectivity index (χ0v) is 13.9. The molecule has 5 nitrogen and oxygen atoms in total.